The van der Waals surface area contributed by atoms with Crippen LogP contribution in [-0.2, 0) is 0 Å². The van der Waals surface area contributed by atoms with Crippen molar-refractivity contribution in [3.8, 4) is 28.1 Å². The van der Waals surface area contributed by atoms with Crippen molar-refractivity contribution in [3.05, 3.63) is 48.4 Å². The third-order valence-electron chi connectivity index (χ3n) is 3.78. The molecule has 0 fully saturated rings. The summed E-state index contributed by atoms with van der Waals surface area (Å²) < 4.78 is 10.9. The van der Waals surface area contributed by atoms with E-state index in [9.17, 15) is 0 Å². The van der Waals surface area contributed by atoms with Crippen molar-refractivity contribution in [3.63, 3.8) is 0 Å². The van der Waals surface area contributed by atoms with E-state index in [-0.39, 0.29) is 0 Å². The summed E-state index contributed by atoms with van der Waals surface area (Å²) in [6, 6.07) is 9.76. The molecule has 0 aliphatic carbocycles. The second-order valence-electron chi connectivity index (χ2n) is 5.19. The van der Waals surface area contributed by atoms with Gasteiger partial charge in [0.25, 0.3) is 0 Å². The van der Waals surface area contributed by atoms with Crippen molar-refractivity contribution in [2.75, 3.05) is 7.11 Å². The van der Waals surface area contributed by atoms with Gasteiger partial charge in [0.2, 0.25) is 0 Å². The number of aromatic nitrogens is 4. The fraction of sp³-hybridized carbons (Fsp3) is 0.118. The zero-order valence-corrected chi connectivity index (χ0v) is 12.7. The first kappa shape index (κ1) is 13.5. The molecule has 23 heavy (non-hydrogen) atoms. The maximum atomic E-state index is 5.47. The number of benzene rings is 1. The van der Waals surface area contributed by atoms with Gasteiger partial charge in [0.05, 0.1) is 19.0 Å². The zero-order chi connectivity index (χ0) is 15.8. The third kappa shape index (κ3) is 2.15. The van der Waals surface area contributed by atoms with Gasteiger partial charge in [-0.25, -0.2) is 4.98 Å². The number of aromatic amines is 1. The quantitative estimate of drug-likeness (QED) is 0.626. The molecule has 0 saturated carbocycles. The Morgan fingerprint density at radius 1 is 1.17 bits per heavy atom. The summed E-state index contributed by atoms with van der Waals surface area (Å²) in [5.41, 5.74) is 5.68. The van der Waals surface area contributed by atoms with Crippen LogP contribution in [0.5, 0.6) is 5.75 Å². The molecule has 0 bridgehead atoms. The molecule has 3 heterocycles. The van der Waals surface area contributed by atoms with E-state index < -0.39 is 0 Å². The Labute approximate surface area is 132 Å². The lowest BCUT2D eigenvalue weighted by Gasteiger charge is -2.09. The van der Waals surface area contributed by atoms with Crippen molar-refractivity contribution < 1.29 is 9.26 Å². The standard InChI is InChI=1S/C17H14N4O2/c1-10-16-17(23-21-10)13(11-8-18-19-9-11)7-14(20-16)12-5-3-4-6-15(12)22-2/h3-9H,1-2H3,(H,18,19). The zero-order valence-electron chi connectivity index (χ0n) is 12.7. The topological polar surface area (TPSA) is 76.8 Å². The number of ether oxygens (including phenoxy) is 1. The largest absolute Gasteiger partial charge is 0.496 e. The van der Waals surface area contributed by atoms with Crippen molar-refractivity contribution >= 4 is 11.1 Å². The normalized spacial score (nSPS) is 11.0. The Morgan fingerprint density at radius 3 is 2.83 bits per heavy atom. The highest BCUT2D eigenvalue weighted by atomic mass is 16.5. The minimum absolute atomic E-state index is 0.655. The van der Waals surface area contributed by atoms with Gasteiger partial charge in [0.15, 0.2) is 5.58 Å². The lowest BCUT2D eigenvalue weighted by Crippen LogP contribution is -1.92. The van der Waals surface area contributed by atoms with Gasteiger partial charge in [0, 0.05) is 22.9 Å². The van der Waals surface area contributed by atoms with Gasteiger partial charge in [0.1, 0.15) is 17.0 Å². The van der Waals surface area contributed by atoms with E-state index in [1.165, 1.54) is 0 Å². The molecule has 0 spiro atoms. The number of hydrogen-bond acceptors (Lipinski definition) is 5. The van der Waals surface area contributed by atoms with E-state index in [0.29, 0.717) is 5.58 Å². The first-order valence-corrected chi connectivity index (χ1v) is 7.17. The molecular formula is C17H14N4O2. The van der Waals surface area contributed by atoms with Crippen LogP contribution in [0.3, 0.4) is 0 Å². The number of fused-ring (bicyclic) bond motifs is 1. The number of para-hydroxylation sites is 1. The molecule has 4 rings (SSSR count). The minimum atomic E-state index is 0.655. The first-order chi connectivity index (χ1) is 11.3. The van der Waals surface area contributed by atoms with Crippen LogP contribution < -0.4 is 4.74 Å². The molecule has 1 N–H and O–H groups in total. The number of H-pyrrole nitrogens is 1. The Balaban J connectivity index is 2.03. The molecule has 6 nitrogen and oxygen atoms in total. The summed E-state index contributed by atoms with van der Waals surface area (Å²) in [5, 5.41) is 10.9. The average molecular weight is 306 g/mol. The monoisotopic (exact) mass is 306 g/mol. The van der Waals surface area contributed by atoms with Crippen LogP contribution >= 0.6 is 0 Å². The number of hydrogen-bond donors (Lipinski definition) is 1. The van der Waals surface area contributed by atoms with E-state index in [2.05, 4.69) is 15.4 Å². The molecule has 6 heteroatoms. The van der Waals surface area contributed by atoms with Gasteiger partial charge in [-0.2, -0.15) is 5.10 Å². The predicted octanol–water partition coefficient (Wildman–Crippen LogP) is 3.60. The first-order valence-electron chi connectivity index (χ1n) is 7.17. The van der Waals surface area contributed by atoms with Crippen molar-refractivity contribution in [2.45, 2.75) is 6.92 Å². The lowest BCUT2D eigenvalue weighted by molar-refractivity contribution is 0.416. The number of pyridine rings is 1. The number of nitrogens with one attached hydrogen (secondary N) is 1. The second-order valence-corrected chi connectivity index (χ2v) is 5.19. The Kier molecular flexibility index (Phi) is 3.08. The van der Waals surface area contributed by atoms with E-state index in [1.54, 1.807) is 13.3 Å². The van der Waals surface area contributed by atoms with Crippen molar-refractivity contribution in [2.24, 2.45) is 0 Å². The second kappa shape index (κ2) is 5.24. The Morgan fingerprint density at radius 2 is 2.04 bits per heavy atom. The molecular weight excluding hydrogens is 292 g/mol. The third-order valence-corrected chi connectivity index (χ3v) is 3.78. The van der Waals surface area contributed by atoms with Gasteiger partial charge in [-0.15, -0.1) is 0 Å². The molecule has 0 amide bonds. The summed E-state index contributed by atoms with van der Waals surface area (Å²) in [6.07, 6.45) is 3.57. The van der Waals surface area contributed by atoms with Gasteiger partial charge in [-0.3, -0.25) is 5.10 Å². The molecule has 4 aromatic rings. The minimum Gasteiger partial charge on any atom is -0.496 e. The van der Waals surface area contributed by atoms with Crippen LogP contribution in [0.4, 0.5) is 0 Å². The van der Waals surface area contributed by atoms with Crippen LogP contribution in [0, 0.1) is 6.92 Å². The van der Waals surface area contributed by atoms with Crippen LogP contribution in [0.15, 0.2) is 47.2 Å². The number of methoxy groups -OCH3 is 1. The average Bonchev–Trinajstić information content (AvgIpc) is 3.24. The molecule has 0 atom stereocenters. The summed E-state index contributed by atoms with van der Waals surface area (Å²) in [7, 11) is 1.65. The maximum Gasteiger partial charge on any atom is 0.193 e. The van der Waals surface area contributed by atoms with E-state index in [4.69, 9.17) is 14.2 Å². The number of aryl methyl sites for hydroxylation is 1. The smallest absolute Gasteiger partial charge is 0.193 e. The fourth-order valence-electron chi connectivity index (χ4n) is 2.64. The SMILES string of the molecule is COc1ccccc1-c1cc(-c2cn[nH]c2)c2onc(C)c2n1. The highest BCUT2D eigenvalue weighted by Crippen LogP contribution is 2.35. The highest BCUT2D eigenvalue weighted by molar-refractivity contribution is 5.93. The van der Waals surface area contributed by atoms with Crippen LogP contribution in [0.2, 0.25) is 0 Å². The van der Waals surface area contributed by atoms with Crippen LogP contribution in [0.25, 0.3) is 33.5 Å². The Bertz CT molecular complexity index is 974. The molecule has 114 valence electrons. The van der Waals surface area contributed by atoms with E-state index in [0.717, 1.165) is 39.3 Å². The Hall–Kier alpha value is -3.15. The summed E-state index contributed by atoms with van der Waals surface area (Å²) in [4.78, 5) is 4.72. The van der Waals surface area contributed by atoms with Crippen LogP contribution in [-0.4, -0.2) is 27.4 Å². The molecule has 0 aliphatic heterocycles. The summed E-state index contributed by atoms with van der Waals surface area (Å²) in [5.74, 6) is 0.770. The van der Waals surface area contributed by atoms with E-state index in [1.807, 2.05) is 43.5 Å². The van der Waals surface area contributed by atoms with Gasteiger partial charge >= 0.3 is 0 Å². The van der Waals surface area contributed by atoms with Crippen molar-refractivity contribution in [1.29, 1.82) is 0 Å². The molecule has 0 saturated heterocycles. The lowest BCUT2D eigenvalue weighted by atomic mass is 10.0. The fourth-order valence-corrected chi connectivity index (χ4v) is 2.64. The maximum absolute atomic E-state index is 5.47. The molecule has 3 aromatic heterocycles. The molecule has 0 unspecified atom stereocenters. The summed E-state index contributed by atoms with van der Waals surface area (Å²) >= 11 is 0. The van der Waals surface area contributed by atoms with Gasteiger partial charge in [-0.05, 0) is 25.1 Å². The molecule has 0 radical (unpaired) electrons. The molecule has 1 aromatic carbocycles. The number of rotatable bonds is 3. The predicted molar refractivity (Wildman–Crippen MR) is 86.1 cm³/mol. The van der Waals surface area contributed by atoms with Gasteiger partial charge in [-0.1, -0.05) is 17.3 Å². The van der Waals surface area contributed by atoms with Crippen molar-refractivity contribution in [1.82, 2.24) is 20.3 Å². The number of nitrogens with zero attached hydrogens (tertiary/aromatic N) is 3. The highest BCUT2D eigenvalue weighted by Gasteiger charge is 2.17. The van der Waals surface area contributed by atoms with Crippen LogP contribution in [0.1, 0.15) is 5.69 Å². The van der Waals surface area contributed by atoms with Gasteiger partial charge < -0.3 is 9.26 Å². The molecule has 0 aliphatic rings. The van der Waals surface area contributed by atoms with E-state index >= 15 is 0 Å². The summed E-state index contributed by atoms with van der Waals surface area (Å²) in [6.45, 7) is 1.88.